The summed E-state index contributed by atoms with van der Waals surface area (Å²) in [4.78, 5) is 12.5. The van der Waals surface area contributed by atoms with Crippen LogP contribution in [0.4, 0.5) is 4.39 Å². The summed E-state index contributed by atoms with van der Waals surface area (Å²) >= 11 is 6.33. The highest BCUT2D eigenvalue weighted by Gasteiger charge is 2.13. The molecule has 0 atom stereocenters. The fraction of sp³-hybridized carbons (Fsp3) is 0.0714. The lowest BCUT2D eigenvalue weighted by molar-refractivity contribution is 0.622. The summed E-state index contributed by atoms with van der Waals surface area (Å²) in [5.41, 5.74) is 2.52. The van der Waals surface area contributed by atoms with Gasteiger partial charge in [-0.25, -0.2) is 14.4 Å². The fourth-order valence-electron chi connectivity index (χ4n) is 1.98. The maximum Gasteiger partial charge on any atom is 0.161 e. The molecule has 0 N–H and O–H groups in total. The van der Waals surface area contributed by atoms with Gasteiger partial charge in [0.2, 0.25) is 0 Å². The number of halogens is 2. The van der Waals surface area contributed by atoms with Crippen molar-refractivity contribution in [2.24, 2.45) is 0 Å². The van der Waals surface area contributed by atoms with Crippen molar-refractivity contribution in [1.29, 1.82) is 0 Å². The summed E-state index contributed by atoms with van der Waals surface area (Å²) in [6.45, 7) is 1.85. The number of nitrogens with zero attached hydrogens (tertiary/aromatic N) is 3. The number of hydrogen-bond donors (Lipinski definition) is 0. The minimum absolute atomic E-state index is 0.407. The molecule has 0 aliphatic heterocycles. The Balaban J connectivity index is 2.33. The average Bonchev–Trinajstić information content (AvgIpc) is 2.43. The smallest absolute Gasteiger partial charge is 0.161 e. The number of fused-ring (bicyclic) bond motifs is 1. The minimum atomic E-state index is -0.407. The van der Waals surface area contributed by atoms with Gasteiger partial charge in [0.1, 0.15) is 5.82 Å². The van der Waals surface area contributed by atoms with Crippen molar-refractivity contribution in [2.75, 3.05) is 0 Å². The van der Waals surface area contributed by atoms with E-state index < -0.39 is 5.82 Å². The van der Waals surface area contributed by atoms with Gasteiger partial charge >= 0.3 is 0 Å². The molecule has 3 nitrogen and oxygen atoms in total. The van der Waals surface area contributed by atoms with Crippen LogP contribution in [0.2, 0.25) is 5.02 Å². The first-order chi connectivity index (χ1) is 9.16. The normalized spacial score (nSPS) is 10.9. The summed E-state index contributed by atoms with van der Waals surface area (Å²) in [5.74, 6) is -0.407. The van der Waals surface area contributed by atoms with Gasteiger partial charge in [-0.1, -0.05) is 11.6 Å². The lowest BCUT2D eigenvalue weighted by Gasteiger charge is -2.09. The zero-order valence-corrected chi connectivity index (χ0v) is 10.8. The molecule has 0 bridgehead atoms. The Bertz CT molecular complexity index is 774. The standard InChI is InChI=1S/C14H9ClFN3/c1-8-12(15)11-3-2-4-18-14(11)19-13(8)9-5-10(16)7-17-6-9/h2-7H,1H3. The summed E-state index contributed by atoms with van der Waals surface area (Å²) in [6, 6.07) is 5.05. The van der Waals surface area contributed by atoms with Gasteiger partial charge in [-0.3, -0.25) is 4.98 Å². The maximum atomic E-state index is 13.3. The van der Waals surface area contributed by atoms with Crippen molar-refractivity contribution in [2.45, 2.75) is 6.92 Å². The zero-order valence-electron chi connectivity index (χ0n) is 10.1. The first-order valence-corrected chi connectivity index (χ1v) is 6.06. The van der Waals surface area contributed by atoms with E-state index in [1.54, 1.807) is 18.5 Å². The highest BCUT2D eigenvalue weighted by molar-refractivity contribution is 6.36. The minimum Gasteiger partial charge on any atom is -0.261 e. The monoisotopic (exact) mass is 273 g/mol. The molecular weight excluding hydrogens is 265 g/mol. The number of rotatable bonds is 1. The van der Waals surface area contributed by atoms with Crippen LogP contribution in [0.25, 0.3) is 22.3 Å². The van der Waals surface area contributed by atoms with E-state index in [-0.39, 0.29) is 0 Å². The molecule has 0 aromatic carbocycles. The molecule has 0 radical (unpaired) electrons. The molecule has 0 saturated carbocycles. The van der Waals surface area contributed by atoms with E-state index in [0.29, 0.717) is 21.9 Å². The molecule has 0 spiro atoms. The summed E-state index contributed by atoms with van der Waals surface area (Å²) < 4.78 is 13.3. The maximum absolute atomic E-state index is 13.3. The highest BCUT2D eigenvalue weighted by Crippen LogP contribution is 2.31. The second-order valence-corrected chi connectivity index (χ2v) is 4.54. The second kappa shape index (κ2) is 4.55. The quantitative estimate of drug-likeness (QED) is 0.677. The van der Waals surface area contributed by atoms with E-state index in [4.69, 9.17) is 11.6 Å². The van der Waals surface area contributed by atoms with Crippen LogP contribution in [0.5, 0.6) is 0 Å². The predicted octanol–water partition coefficient (Wildman–Crippen LogP) is 3.79. The Kier molecular flexibility index (Phi) is 2.87. The molecule has 3 rings (SSSR count). The van der Waals surface area contributed by atoms with Crippen LogP contribution in [0.15, 0.2) is 36.8 Å². The molecule has 5 heteroatoms. The Morgan fingerprint density at radius 3 is 2.89 bits per heavy atom. The van der Waals surface area contributed by atoms with E-state index in [1.165, 1.54) is 6.07 Å². The Hall–Kier alpha value is -2.07. The summed E-state index contributed by atoms with van der Waals surface area (Å²) in [6.07, 6.45) is 4.36. The Morgan fingerprint density at radius 1 is 1.26 bits per heavy atom. The summed E-state index contributed by atoms with van der Waals surface area (Å²) in [7, 11) is 0. The fourth-order valence-corrected chi connectivity index (χ4v) is 2.21. The van der Waals surface area contributed by atoms with Gasteiger partial charge in [0.05, 0.1) is 16.9 Å². The van der Waals surface area contributed by atoms with Crippen molar-refractivity contribution in [3.8, 4) is 11.3 Å². The van der Waals surface area contributed by atoms with E-state index >= 15 is 0 Å². The van der Waals surface area contributed by atoms with E-state index in [2.05, 4.69) is 15.0 Å². The number of hydrogen-bond acceptors (Lipinski definition) is 3. The third kappa shape index (κ3) is 2.04. The lowest BCUT2D eigenvalue weighted by atomic mass is 10.1. The predicted molar refractivity (Wildman–Crippen MR) is 72.5 cm³/mol. The highest BCUT2D eigenvalue weighted by atomic mass is 35.5. The second-order valence-electron chi connectivity index (χ2n) is 4.17. The molecule has 3 heterocycles. The summed E-state index contributed by atoms with van der Waals surface area (Å²) in [5, 5.41) is 1.37. The molecule has 0 saturated heterocycles. The van der Waals surface area contributed by atoms with Crippen LogP contribution >= 0.6 is 11.6 Å². The van der Waals surface area contributed by atoms with Crippen LogP contribution in [0, 0.1) is 12.7 Å². The Morgan fingerprint density at radius 2 is 2.11 bits per heavy atom. The van der Waals surface area contributed by atoms with Crippen LogP contribution in [-0.2, 0) is 0 Å². The van der Waals surface area contributed by atoms with Crippen LogP contribution < -0.4 is 0 Å². The van der Waals surface area contributed by atoms with Gasteiger partial charge in [-0.15, -0.1) is 0 Å². The molecule has 0 unspecified atom stereocenters. The number of aromatic nitrogens is 3. The molecular formula is C14H9ClFN3. The van der Waals surface area contributed by atoms with Crippen LogP contribution in [0.1, 0.15) is 5.56 Å². The van der Waals surface area contributed by atoms with Crippen molar-refractivity contribution < 1.29 is 4.39 Å². The zero-order chi connectivity index (χ0) is 13.4. The van der Waals surface area contributed by atoms with Gasteiger partial charge in [0.15, 0.2) is 5.65 Å². The topological polar surface area (TPSA) is 38.7 Å². The van der Waals surface area contributed by atoms with Gasteiger partial charge in [0.25, 0.3) is 0 Å². The molecule has 3 aromatic heterocycles. The molecule has 3 aromatic rings. The molecule has 0 fully saturated rings. The third-order valence-corrected chi connectivity index (χ3v) is 3.39. The van der Waals surface area contributed by atoms with Gasteiger partial charge in [-0.2, -0.15) is 0 Å². The molecule has 0 aliphatic rings. The van der Waals surface area contributed by atoms with Crippen LogP contribution in [0.3, 0.4) is 0 Å². The molecule has 0 amide bonds. The van der Waals surface area contributed by atoms with Crippen molar-refractivity contribution >= 4 is 22.6 Å². The SMILES string of the molecule is Cc1c(-c2cncc(F)c2)nc2ncccc2c1Cl. The Labute approximate surface area is 114 Å². The third-order valence-electron chi connectivity index (χ3n) is 2.90. The number of pyridine rings is 3. The first-order valence-electron chi connectivity index (χ1n) is 5.68. The average molecular weight is 274 g/mol. The van der Waals surface area contributed by atoms with Gasteiger partial charge in [0, 0.05) is 23.3 Å². The van der Waals surface area contributed by atoms with Crippen molar-refractivity contribution in [3.63, 3.8) is 0 Å². The van der Waals surface area contributed by atoms with E-state index in [0.717, 1.165) is 17.1 Å². The largest absolute Gasteiger partial charge is 0.261 e. The molecule has 0 aliphatic carbocycles. The first kappa shape index (κ1) is 12.0. The van der Waals surface area contributed by atoms with Crippen LogP contribution in [-0.4, -0.2) is 15.0 Å². The van der Waals surface area contributed by atoms with Crippen molar-refractivity contribution in [1.82, 2.24) is 15.0 Å². The van der Waals surface area contributed by atoms with E-state index in [1.807, 2.05) is 13.0 Å². The van der Waals surface area contributed by atoms with Crippen molar-refractivity contribution in [3.05, 3.63) is 53.2 Å². The van der Waals surface area contributed by atoms with Gasteiger partial charge < -0.3 is 0 Å². The van der Waals surface area contributed by atoms with E-state index in [9.17, 15) is 4.39 Å². The lowest BCUT2D eigenvalue weighted by Crippen LogP contribution is -1.94. The van der Waals surface area contributed by atoms with Gasteiger partial charge in [-0.05, 0) is 30.7 Å². The molecule has 19 heavy (non-hydrogen) atoms. The molecule has 94 valence electrons.